The van der Waals surface area contributed by atoms with E-state index in [0.717, 1.165) is 5.39 Å². The van der Waals surface area contributed by atoms with Gasteiger partial charge in [0.05, 0.1) is 11.0 Å². The van der Waals surface area contributed by atoms with Crippen LogP contribution in [-0.4, -0.2) is 24.7 Å². The first-order valence-corrected chi connectivity index (χ1v) is 6.95. The second-order valence-electron chi connectivity index (χ2n) is 4.96. The number of nitrogens with zero attached hydrogens (tertiary/aromatic N) is 3. The van der Waals surface area contributed by atoms with E-state index in [2.05, 4.69) is 20.1 Å². The van der Waals surface area contributed by atoms with Crippen molar-refractivity contribution in [2.24, 2.45) is 0 Å². The number of rotatable bonds is 2. The molecule has 6 nitrogen and oxygen atoms in total. The SMILES string of the molecule is O=c1[nH]c2cc3cc(-c4cn(C(F)F)nc4Cl)ccc3nc2[nH]1. The van der Waals surface area contributed by atoms with Crippen molar-refractivity contribution in [1.29, 1.82) is 0 Å². The van der Waals surface area contributed by atoms with Crippen molar-refractivity contribution in [2.75, 3.05) is 0 Å². The number of aromatic amines is 2. The van der Waals surface area contributed by atoms with Crippen LogP contribution in [0.3, 0.4) is 0 Å². The summed E-state index contributed by atoms with van der Waals surface area (Å²) >= 11 is 5.94. The number of imidazole rings is 1. The van der Waals surface area contributed by atoms with Gasteiger partial charge < -0.3 is 4.98 Å². The number of pyridine rings is 1. The number of hydrogen-bond donors (Lipinski definition) is 2. The van der Waals surface area contributed by atoms with Crippen molar-refractivity contribution in [3.05, 3.63) is 46.1 Å². The van der Waals surface area contributed by atoms with Gasteiger partial charge in [0.25, 0.3) is 0 Å². The summed E-state index contributed by atoms with van der Waals surface area (Å²) in [6, 6.07) is 6.95. The molecule has 0 amide bonds. The highest BCUT2D eigenvalue weighted by Gasteiger charge is 2.15. The lowest BCUT2D eigenvalue weighted by Crippen LogP contribution is -1.99. The van der Waals surface area contributed by atoms with Crippen LogP contribution >= 0.6 is 11.6 Å². The van der Waals surface area contributed by atoms with E-state index in [1.165, 1.54) is 6.20 Å². The van der Waals surface area contributed by atoms with E-state index in [4.69, 9.17) is 11.6 Å². The number of H-pyrrole nitrogens is 2. The third kappa shape index (κ3) is 2.27. The van der Waals surface area contributed by atoms with Crippen LogP contribution in [-0.2, 0) is 0 Å². The van der Waals surface area contributed by atoms with Crippen LogP contribution in [0.15, 0.2) is 35.3 Å². The zero-order chi connectivity index (χ0) is 16.1. The van der Waals surface area contributed by atoms with Crippen molar-refractivity contribution in [2.45, 2.75) is 6.55 Å². The molecular weight excluding hydrogens is 328 g/mol. The van der Waals surface area contributed by atoms with E-state index in [1.54, 1.807) is 24.3 Å². The number of halogens is 3. The van der Waals surface area contributed by atoms with Crippen molar-refractivity contribution in [3.63, 3.8) is 0 Å². The van der Waals surface area contributed by atoms with Gasteiger partial charge in [-0.15, -0.1) is 0 Å². The molecule has 0 radical (unpaired) electrons. The van der Waals surface area contributed by atoms with Crippen LogP contribution in [0.1, 0.15) is 6.55 Å². The monoisotopic (exact) mass is 335 g/mol. The standard InChI is InChI=1S/C14H8ClF2N5O/c15-11-8(5-22(21-11)13(16)17)6-1-2-9-7(3-6)4-10-12(18-9)20-14(23)19-10/h1-5,13H,(H2,18,19,20,23). The molecule has 9 heteroatoms. The molecule has 0 spiro atoms. The molecule has 4 aromatic rings. The van der Waals surface area contributed by atoms with Crippen molar-refractivity contribution >= 4 is 33.7 Å². The molecule has 4 rings (SSSR count). The lowest BCUT2D eigenvalue weighted by Gasteiger charge is -2.02. The molecule has 0 saturated carbocycles. The van der Waals surface area contributed by atoms with Crippen LogP contribution in [0, 0.1) is 0 Å². The van der Waals surface area contributed by atoms with Gasteiger partial charge in [-0.25, -0.2) is 14.5 Å². The Kier molecular flexibility index (Phi) is 2.95. The second-order valence-corrected chi connectivity index (χ2v) is 5.32. The molecule has 0 bridgehead atoms. The molecule has 0 saturated heterocycles. The first kappa shape index (κ1) is 13.9. The largest absolute Gasteiger partial charge is 0.333 e. The van der Waals surface area contributed by atoms with Gasteiger partial charge in [0.1, 0.15) is 0 Å². The Labute approximate surface area is 131 Å². The van der Waals surface area contributed by atoms with Crippen molar-refractivity contribution < 1.29 is 8.78 Å². The smallest absolute Gasteiger partial charge is 0.304 e. The second kappa shape index (κ2) is 4.88. The Hall–Kier alpha value is -2.74. The molecule has 0 aliphatic rings. The Morgan fingerprint density at radius 2 is 2.04 bits per heavy atom. The fraction of sp³-hybridized carbons (Fsp3) is 0.0714. The van der Waals surface area contributed by atoms with Gasteiger partial charge in [0, 0.05) is 17.1 Å². The number of alkyl halides is 2. The molecule has 0 fully saturated rings. The van der Waals surface area contributed by atoms with Gasteiger partial charge in [-0.1, -0.05) is 17.7 Å². The van der Waals surface area contributed by atoms with Gasteiger partial charge >= 0.3 is 12.2 Å². The zero-order valence-corrected chi connectivity index (χ0v) is 12.1. The van der Waals surface area contributed by atoms with Gasteiger partial charge in [0.15, 0.2) is 10.8 Å². The van der Waals surface area contributed by atoms with Gasteiger partial charge in [0.2, 0.25) is 0 Å². The van der Waals surface area contributed by atoms with Crippen molar-refractivity contribution in [3.8, 4) is 11.1 Å². The predicted octanol–water partition coefficient (Wildman–Crippen LogP) is 3.32. The molecule has 23 heavy (non-hydrogen) atoms. The molecule has 116 valence electrons. The number of benzene rings is 1. The summed E-state index contributed by atoms with van der Waals surface area (Å²) in [4.78, 5) is 20.9. The third-order valence-electron chi connectivity index (χ3n) is 3.49. The molecule has 0 aliphatic heterocycles. The fourth-order valence-electron chi connectivity index (χ4n) is 2.46. The molecular formula is C14H8ClF2N5O. The van der Waals surface area contributed by atoms with Crippen LogP contribution < -0.4 is 5.69 Å². The molecule has 0 aliphatic carbocycles. The molecule has 2 N–H and O–H groups in total. The van der Waals surface area contributed by atoms with E-state index in [-0.39, 0.29) is 10.8 Å². The van der Waals surface area contributed by atoms with Gasteiger partial charge in [-0.3, -0.25) is 4.98 Å². The Morgan fingerprint density at radius 1 is 1.22 bits per heavy atom. The van der Waals surface area contributed by atoms with Crippen LogP contribution in [0.5, 0.6) is 0 Å². The van der Waals surface area contributed by atoms with E-state index >= 15 is 0 Å². The highest BCUT2D eigenvalue weighted by molar-refractivity contribution is 6.32. The summed E-state index contributed by atoms with van der Waals surface area (Å²) in [5, 5.41) is 4.32. The first-order chi connectivity index (χ1) is 11.0. The zero-order valence-electron chi connectivity index (χ0n) is 11.3. The lowest BCUT2D eigenvalue weighted by atomic mass is 10.1. The minimum absolute atomic E-state index is 0.00580. The maximum Gasteiger partial charge on any atom is 0.333 e. The topological polar surface area (TPSA) is 79.4 Å². The van der Waals surface area contributed by atoms with Gasteiger partial charge in [-0.2, -0.15) is 13.9 Å². The maximum absolute atomic E-state index is 12.7. The van der Waals surface area contributed by atoms with E-state index in [9.17, 15) is 13.6 Å². The molecule has 3 aromatic heterocycles. The normalized spacial score (nSPS) is 11.8. The van der Waals surface area contributed by atoms with Crippen LogP contribution in [0.4, 0.5) is 8.78 Å². The van der Waals surface area contributed by atoms with E-state index in [0.29, 0.717) is 32.5 Å². The Morgan fingerprint density at radius 3 is 2.78 bits per heavy atom. The predicted molar refractivity (Wildman–Crippen MR) is 81.7 cm³/mol. The highest BCUT2D eigenvalue weighted by Crippen LogP contribution is 2.31. The minimum atomic E-state index is -2.76. The average Bonchev–Trinajstić information content (AvgIpc) is 3.05. The van der Waals surface area contributed by atoms with Crippen LogP contribution in [0.25, 0.3) is 33.2 Å². The quantitative estimate of drug-likeness (QED) is 0.590. The lowest BCUT2D eigenvalue weighted by molar-refractivity contribution is 0.0567. The molecule has 3 heterocycles. The van der Waals surface area contributed by atoms with Crippen molar-refractivity contribution in [1.82, 2.24) is 24.7 Å². The number of nitrogens with one attached hydrogen (secondary N) is 2. The number of fused-ring (bicyclic) bond motifs is 2. The first-order valence-electron chi connectivity index (χ1n) is 6.57. The summed E-state index contributed by atoms with van der Waals surface area (Å²) < 4.78 is 25.9. The summed E-state index contributed by atoms with van der Waals surface area (Å²) in [5.41, 5.74) is 2.37. The summed E-state index contributed by atoms with van der Waals surface area (Å²) in [5.74, 6) is 0. The van der Waals surface area contributed by atoms with Crippen LogP contribution in [0.2, 0.25) is 5.15 Å². The summed E-state index contributed by atoms with van der Waals surface area (Å²) in [6.45, 7) is -2.76. The van der Waals surface area contributed by atoms with E-state index < -0.39 is 6.55 Å². The highest BCUT2D eigenvalue weighted by atomic mass is 35.5. The fourth-order valence-corrected chi connectivity index (χ4v) is 2.70. The Bertz CT molecular complexity index is 1100. The number of aromatic nitrogens is 5. The average molecular weight is 336 g/mol. The molecule has 0 unspecified atom stereocenters. The summed E-state index contributed by atoms with van der Waals surface area (Å²) in [6.07, 6.45) is 1.19. The molecule has 0 atom stereocenters. The molecule has 1 aromatic carbocycles. The maximum atomic E-state index is 12.7. The van der Waals surface area contributed by atoms with E-state index in [1.807, 2.05) is 0 Å². The third-order valence-corrected chi connectivity index (χ3v) is 3.77. The van der Waals surface area contributed by atoms with Gasteiger partial charge in [-0.05, 0) is 23.8 Å². The summed E-state index contributed by atoms with van der Waals surface area (Å²) in [7, 11) is 0. The minimum Gasteiger partial charge on any atom is -0.304 e. The number of hydrogen-bond acceptors (Lipinski definition) is 3. The Balaban J connectivity index is 1.91.